The van der Waals surface area contributed by atoms with E-state index in [0.717, 1.165) is 0 Å². The summed E-state index contributed by atoms with van der Waals surface area (Å²) in [7, 11) is 0. The fourth-order valence-corrected chi connectivity index (χ4v) is 1.36. The van der Waals surface area contributed by atoms with Crippen molar-refractivity contribution in [2.75, 3.05) is 18.5 Å². The zero-order valence-corrected chi connectivity index (χ0v) is 9.53. The molecule has 0 unspecified atom stereocenters. The first-order valence-corrected chi connectivity index (χ1v) is 5.06. The quantitative estimate of drug-likeness (QED) is 0.749. The summed E-state index contributed by atoms with van der Waals surface area (Å²) in [4.78, 5) is 22.0. The average molecular weight is 259 g/mol. The summed E-state index contributed by atoms with van der Waals surface area (Å²) in [5.74, 6) is -0.649. The Morgan fingerprint density at radius 1 is 1.47 bits per heavy atom. The van der Waals surface area contributed by atoms with Gasteiger partial charge in [-0.2, -0.15) is 0 Å². The molecule has 17 heavy (non-hydrogen) atoms. The Kier molecular flexibility index (Phi) is 4.74. The summed E-state index contributed by atoms with van der Waals surface area (Å²) in [6.07, 6.45) is -0.720. The van der Waals surface area contributed by atoms with Gasteiger partial charge in [-0.3, -0.25) is 10.1 Å². The van der Waals surface area contributed by atoms with Crippen molar-refractivity contribution in [2.24, 2.45) is 5.73 Å². The predicted molar refractivity (Wildman–Crippen MR) is 62.0 cm³/mol. The maximum absolute atomic E-state index is 11.1. The Morgan fingerprint density at radius 3 is 2.71 bits per heavy atom. The van der Waals surface area contributed by atoms with Crippen molar-refractivity contribution in [1.82, 2.24) is 0 Å². The highest BCUT2D eigenvalue weighted by molar-refractivity contribution is 6.34. The van der Waals surface area contributed by atoms with Crippen LogP contribution in [0.4, 0.5) is 10.5 Å². The fourth-order valence-electron chi connectivity index (χ4n) is 1.08. The standard InChI is InChI=1S/C10H11ClN2O4/c11-8-5-6(1-2-7(8)9(12)15)13-10(16)17-4-3-14/h1-2,5,14H,3-4H2,(H2,12,15)(H,13,16). The Morgan fingerprint density at radius 2 is 2.18 bits per heavy atom. The molecule has 1 aromatic rings. The number of benzene rings is 1. The number of primary amides is 1. The fraction of sp³-hybridized carbons (Fsp3) is 0.200. The molecule has 1 rings (SSSR count). The van der Waals surface area contributed by atoms with E-state index in [1.165, 1.54) is 18.2 Å². The second-order valence-corrected chi connectivity index (χ2v) is 3.45. The molecule has 0 heterocycles. The molecule has 4 N–H and O–H groups in total. The van der Waals surface area contributed by atoms with E-state index in [0.29, 0.717) is 5.69 Å². The zero-order chi connectivity index (χ0) is 12.8. The highest BCUT2D eigenvalue weighted by Gasteiger charge is 2.09. The van der Waals surface area contributed by atoms with E-state index >= 15 is 0 Å². The maximum Gasteiger partial charge on any atom is 0.411 e. The van der Waals surface area contributed by atoms with Crippen molar-refractivity contribution in [2.45, 2.75) is 0 Å². The van der Waals surface area contributed by atoms with Gasteiger partial charge in [0.2, 0.25) is 5.91 Å². The van der Waals surface area contributed by atoms with Gasteiger partial charge in [-0.1, -0.05) is 11.6 Å². The first kappa shape index (κ1) is 13.3. The highest BCUT2D eigenvalue weighted by atomic mass is 35.5. The second-order valence-electron chi connectivity index (χ2n) is 3.04. The normalized spacial score (nSPS) is 9.76. The topological polar surface area (TPSA) is 102 Å². The monoisotopic (exact) mass is 258 g/mol. The lowest BCUT2D eigenvalue weighted by molar-refractivity contribution is 0.100. The van der Waals surface area contributed by atoms with Crippen LogP contribution in [0.15, 0.2) is 18.2 Å². The van der Waals surface area contributed by atoms with E-state index in [-0.39, 0.29) is 23.8 Å². The molecule has 0 saturated carbocycles. The van der Waals surface area contributed by atoms with Gasteiger partial charge in [0, 0.05) is 5.69 Å². The highest BCUT2D eigenvalue weighted by Crippen LogP contribution is 2.20. The van der Waals surface area contributed by atoms with Crippen LogP contribution < -0.4 is 11.1 Å². The number of hydrogen-bond donors (Lipinski definition) is 3. The Hall–Kier alpha value is -1.79. The third kappa shape index (κ3) is 3.93. The molecule has 92 valence electrons. The van der Waals surface area contributed by atoms with Crippen molar-refractivity contribution in [3.05, 3.63) is 28.8 Å². The Bertz CT molecular complexity index is 436. The number of aliphatic hydroxyl groups is 1. The van der Waals surface area contributed by atoms with E-state index in [9.17, 15) is 9.59 Å². The van der Waals surface area contributed by atoms with Crippen LogP contribution in [0, 0.1) is 0 Å². The maximum atomic E-state index is 11.1. The second kappa shape index (κ2) is 6.07. The SMILES string of the molecule is NC(=O)c1ccc(NC(=O)OCCO)cc1Cl. The zero-order valence-electron chi connectivity index (χ0n) is 8.77. The van der Waals surface area contributed by atoms with Crippen LogP contribution in [-0.2, 0) is 4.74 Å². The van der Waals surface area contributed by atoms with Gasteiger partial charge < -0.3 is 15.6 Å². The van der Waals surface area contributed by atoms with Crippen molar-refractivity contribution in [3.63, 3.8) is 0 Å². The number of rotatable bonds is 4. The first-order chi connectivity index (χ1) is 8.04. The van der Waals surface area contributed by atoms with Gasteiger partial charge in [0.1, 0.15) is 6.61 Å². The molecule has 0 atom stereocenters. The molecule has 0 bridgehead atoms. The summed E-state index contributed by atoms with van der Waals surface area (Å²) in [6, 6.07) is 4.24. The molecule has 0 radical (unpaired) electrons. The smallest absolute Gasteiger partial charge is 0.411 e. The minimum Gasteiger partial charge on any atom is -0.447 e. The van der Waals surface area contributed by atoms with E-state index in [4.69, 9.17) is 22.4 Å². The number of halogens is 1. The van der Waals surface area contributed by atoms with E-state index in [1.807, 2.05) is 0 Å². The lowest BCUT2D eigenvalue weighted by Crippen LogP contribution is -2.16. The van der Waals surface area contributed by atoms with Gasteiger partial charge >= 0.3 is 6.09 Å². The largest absolute Gasteiger partial charge is 0.447 e. The van der Waals surface area contributed by atoms with Gasteiger partial charge in [0.05, 0.1) is 17.2 Å². The third-order valence-corrected chi connectivity index (χ3v) is 2.12. The van der Waals surface area contributed by atoms with Crippen LogP contribution in [0.25, 0.3) is 0 Å². The van der Waals surface area contributed by atoms with Crippen molar-refractivity contribution in [1.29, 1.82) is 0 Å². The van der Waals surface area contributed by atoms with E-state index < -0.39 is 12.0 Å². The first-order valence-electron chi connectivity index (χ1n) is 4.68. The third-order valence-electron chi connectivity index (χ3n) is 1.81. The molecule has 0 aliphatic rings. The van der Waals surface area contributed by atoms with Gasteiger partial charge in [0.25, 0.3) is 0 Å². The minimum atomic E-state index is -0.720. The van der Waals surface area contributed by atoms with Crippen molar-refractivity contribution >= 4 is 29.3 Å². The number of carbonyl (C=O) groups is 2. The van der Waals surface area contributed by atoms with Crippen LogP contribution in [0.1, 0.15) is 10.4 Å². The molecule has 0 spiro atoms. The number of hydrogen-bond acceptors (Lipinski definition) is 4. The number of nitrogens with two attached hydrogens (primary N) is 1. The van der Waals surface area contributed by atoms with Crippen LogP contribution in [0.3, 0.4) is 0 Å². The average Bonchev–Trinajstić information content (AvgIpc) is 2.26. The number of aliphatic hydroxyl groups excluding tert-OH is 1. The number of nitrogens with one attached hydrogen (secondary N) is 1. The molecular formula is C10H11ClN2O4. The van der Waals surface area contributed by atoms with E-state index in [1.54, 1.807) is 0 Å². The van der Waals surface area contributed by atoms with Gasteiger partial charge in [-0.05, 0) is 18.2 Å². The summed E-state index contributed by atoms with van der Waals surface area (Å²) < 4.78 is 4.58. The summed E-state index contributed by atoms with van der Waals surface area (Å²) in [5.41, 5.74) is 5.60. The molecule has 0 aliphatic heterocycles. The van der Waals surface area contributed by atoms with Crippen LogP contribution >= 0.6 is 11.6 Å². The number of ether oxygens (including phenoxy) is 1. The van der Waals surface area contributed by atoms with Gasteiger partial charge in [-0.15, -0.1) is 0 Å². The number of carbonyl (C=O) groups excluding carboxylic acids is 2. The summed E-state index contributed by atoms with van der Waals surface area (Å²) in [6.45, 7) is -0.353. The Labute approximate surface area is 102 Å². The molecule has 0 aliphatic carbocycles. The van der Waals surface area contributed by atoms with Crippen molar-refractivity contribution in [3.8, 4) is 0 Å². The van der Waals surface area contributed by atoms with Gasteiger partial charge in [0.15, 0.2) is 0 Å². The lowest BCUT2D eigenvalue weighted by atomic mass is 10.2. The predicted octanol–water partition coefficient (Wildman–Crippen LogP) is 0.980. The van der Waals surface area contributed by atoms with Gasteiger partial charge in [-0.25, -0.2) is 4.79 Å². The van der Waals surface area contributed by atoms with E-state index in [2.05, 4.69) is 10.1 Å². The number of anilines is 1. The molecule has 6 nitrogen and oxygen atoms in total. The molecular weight excluding hydrogens is 248 g/mol. The molecule has 1 aromatic carbocycles. The van der Waals surface area contributed by atoms with Crippen LogP contribution in [0.2, 0.25) is 5.02 Å². The molecule has 0 aromatic heterocycles. The molecule has 2 amide bonds. The summed E-state index contributed by atoms with van der Waals surface area (Å²) >= 11 is 5.78. The molecule has 0 fully saturated rings. The van der Waals surface area contributed by atoms with Crippen molar-refractivity contribution < 1.29 is 19.4 Å². The van der Waals surface area contributed by atoms with Crippen LogP contribution in [-0.4, -0.2) is 30.3 Å². The molecule has 7 heteroatoms. The summed E-state index contributed by atoms with van der Waals surface area (Å²) in [5, 5.41) is 11.0. The Balaban J connectivity index is 2.70. The molecule has 0 saturated heterocycles. The number of amides is 2. The minimum absolute atomic E-state index is 0.0983. The van der Waals surface area contributed by atoms with Crippen LogP contribution in [0.5, 0.6) is 0 Å². The lowest BCUT2D eigenvalue weighted by Gasteiger charge is -2.07.